The zero-order chi connectivity index (χ0) is 11.5. The highest BCUT2D eigenvalue weighted by molar-refractivity contribution is 4.83. The molecular formula is C11H21N3O. The second kappa shape index (κ2) is 4.75. The number of hydrogen-bond acceptors (Lipinski definition) is 3. The van der Waals surface area contributed by atoms with E-state index in [1.165, 1.54) is 6.33 Å². The molecule has 1 aromatic heterocycles. The number of aliphatic hydroxyl groups is 1. The van der Waals surface area contributed by atoms with Crippen molar-refractivity contribution in [3.8, 4) is 0 Å². The van der Waals surface area contributed by atoms with Crippen LogP contribution in [0.4, 0.5) is 0 Å². The van der Waals surface area contributed by atoms with Crippen molar-refractivity contribution in [1.29, 1.82) is 0 Å². The van der Waals surface area contributed by atoms with E-state index in [4.69, 9.17) is 0 Å². The van der Waals surface area contributed by atoms with Gasteiger partial charge in [-0.15, -0.1) is 0 Å². The highest BCUT2D eigenvalue weighted by Gasteiger charge is 2.31. The molecule has 2 unspecified atom stereocenters. The number of nitrogens with zero attached hydrogens (tertiary/aromatic N) is 3. The van der Waals surface area contributed by atoms with Crippen LogP contribution in [0, 0.1) is 5.41 Å². The van der Waals surface area contributed by atoms with Gasteiger partial charge in [-0.2, -0.15) is 5.10 Å². The van der Waals surface area contributed by atoms with Crippen molar-refractivity contribution >= 4 is 0 Å². The Morgan fingerprint density at radius 2 is 2.07 bits per heavy atom. The van der Waals surface area contributed by atoms with E-state index in [0.717, 1.165) is 12.8 Å². The summed E-state index contributed by atoms with van der Waals surface area (Å²) < 4.78 is 1.76. The van der Waals surface area contributed by atoms with Gasteiger partial charge in [0.2, 0.25) is 0 Å². The zero-order valence-corrected chi connectivity index (χ0v) is 10.0. The van der Waals surface area contributed by atoms with Gasteiger partial charge in [-0.3, -0.25) is 0 Å². The fourth-order valence-electron chi connectivity index (χ4n) is 1.70. The molecule has 0 fully saturated rings. The van der Waals surface area contributed by atoms with Gasteiger partial charge in [0.05, 0.1) is 12.1 Å². The van der Waals surface area contributed by atoms with Gasteiger partial charge in [0.25, 0.3) is 0 Å². The summed E-state index contributed by atoms with van der Waals surface area (Å²) in [5, 5.41) is 14.4. The summed E-state index contributed by atoms with van der Waals surface area (Å²) in [7, 11) is 0. The van der Waals surface area contributed by atoms with Crippen molar-refractivity contribution in [1.82, 2.24) is 14.8 Å². The van der Waals surface area contributed by atoms with E-state index in [2.05, 4.69) is 17.0 Å². The number of hydrogen-bond donors (Lipinski definition) is 1. The van der Waals surface area contributed by atoms with Gasteiger partial charge in [0.15, 0.2) is 0 Å². The molecule has 0 amide bonds. The molecule has 1 rings (SSSR count). The predicted molar refractivity (Wildman–Crippen MR) is 59.4 cm³/mol. The lowest BCUT2D eigenvalue weighted by Gasteiger charge is -2.32. The van der Waals surface area contributed by atoms with E-state index in [0.29, 0.717) is 0 Å². The third-order valence-corrected chi connectivity index (χ3v) is 2.61. The summed E-state index contributed by atoms with van der Waals surface area (Å²) in [6.45, 7) is 8.23. The fraction of sp³-hybridized carbons (Fsp3) is 0.818. The summed E-state index contributed by atoms with van der Waals surface area (Å²) in [4.78, 5) is 3.93. The van der Waals surface area contributed by atoms with Crippen LogP contribution in [0.25, 0.3) is 0 Å². The first-order valence-electron chi connectivity index (χ1n) is 5.49. The molecule has 15 heavy (non-hydrogen) atoms. The van der Waals surface area contributed by atoms with Crippen LogP contribution in [0.3, 0.4) is 0 Å². The molecule has 0 saturated heterocycles. The Morgan fingerprint density at radius 1 is 1.40 bits per heavy atom. The molecule has 4 heteroatoms. The Morgan fingerprint density at radius 3 is 2.47 bits per heavy atom. The Kier molecular flexibility index (Phi) is 3.85. The van der Waals surface area contributed by atoms with Crippen molar-refractivity contribution in [2.75, 3.05) is 0 Å². The normalized spacial score (nSPS) is 16.3. The van der Waals surface area contributed by atoms with Gasteiger partial charge < -0.3 is 5.11 Å². The Hall–Kier alpha value is -0.900. The summed E-state index contributed by atoms with van der Waals surface area (Å²) >= 11 is 0. The Balaban J connectivity index is 2.83. The van der Waals surface area contributed by atoms with Crippen LogP contribution < -0.4 is 0 Å². The van der Waals surface area contributed by atoms with E-state index in [9.17, 15) is 5.11 Å². The standard InChI is InChI=1S/C11H21N3O/c1-5-6-9(10(15)11(2,3)4)14-8-12-7-13-14/h7-10,15H,5-6H2,1-4H3. The number of aromatic nitrogens is 3. The number of rotatable bonds is 4. The van der Waals surface area contributed by atoms with Gasteiger partial charge in [-0.05, 0) is 11.8 Å². The van der Waals surface area contributed by atoms with Crippen molar-refractivity contribution < 1.29 is 5.11 Å². The van der Waals surface area contributed by atoms with Crippen molar-refractivity contribution in [2.45, 2.75) is 52.7 Å². The molecule has 0 aliphatic heterocycles. The van der Waals surface area contributed by atoms with Crippen LogP contribution in [0.1, 0.15) is 46.6 Å². The number of aliphatic hydroxyl groups excluding tert-OH is 1. The van der Waals surface area contributed by atoms with E-state index in [1.807, 2.05) is 20.8 Å². The molecular weight excluding hydrogens is 190 g/mol. The zero-order valence-electron chi connectivity index (χ0n) is 10.0. The smallest absolute Gasteiger partial charge is 0.137 e. The van der Waals surface area contributed by atoms with Gasteiger partial charge in [0, 0.05) is 0 Å². The average molecular weight is 211 g/mol. The first kappa shape index (κ1) is 12.2. The van der Waals surface area contributed by atoms with Crippen molar-refractivity contribution in [3.05, 3.63) is 12.7 Å². The summed E-state index contributed by atoms with van der Waals surface area (Å²) in [6.07, 6.45) is 4.73. The van der Waals surface area contributed by atoms with Crippen molar-refractivity contribution in [2.24, 2.45) is 5.41 Å². The average Bonchev–Trinajstić information content (AvgIpc) is 2.64. The molecule has 0 aromatic carbocycles. The molecule has 1 N–H and O–H groups in total. The third-order valence-electron chi connectivity index (χ3n) is 2.61. The van der Waals surface area contributed by atoms with Gasteiger partial charge >= 0.3 is 0 Å². The van der Waals surface area contributed by atoms with Crippen LogP contribution in [0.2, 0.25) is 0 Å². The molecule has 0 aliphatic carbocycles. The minimum atomic E-state index is -0.404. The second-order valence-corrected chi connectivity index (χ2v) is 5.04. The van der Waals surface area contributed by atoms with Crippen LogP contribution in [0.5, 0.6) is 0 Å². The van der Waals surface area contributed by atoms with Gasteiger partial charge in [-0.1, -0.05) is 34.1 Å². The van der Waals surface area contributed by atoms with Crippen molar-refractivity contribution in [3.63, 3.8) is 0 Å². The lowest BCUT2D eigenvalue weighted by molar-refractivity contribution is 0.00909. The molecule has 1 heterocycles. The van der Waals surface area contributed by atoms with E-state index in [1.54, 1.807) is 11.0 Å². The SMILES string of the molecule is CCCC(C(O)C(C)(C)C)n1cncn1. The lowest BCUT2D eigenvalue weighted by Crippen LogP contribution is -2.35. The van der Waals surface area contributed by atoms with Crippen LogP contribution in [-0.4, -0.2) is 26.0 Å². The minimum Gasteiger partial charge on any atom is -0.390 e. The Labute approximate surface area is 91.3 Å². The highest BCUT2D eigenvalue weighted by atomic mass is 16.3. The summed E-state index contributed by atoms with van der Waals surface area (Å²) in [5.41, 5.74) is -0.133. The second-order valence-electron chi connectivity index (χ2n) is 5.04. The minimum absolute atomic E-state index is 0.0255. The first-order chi connectivity index (χ1) is 6.96. The van der Waals surface area contributed by atoms with E-state index >= 15 is 0 Å². The summed E-state index contributed by atoms with van der Waals surface area (Å²) in [5.74, 6) is 0. The highest BCUT2D eigenvalue weighted by Crippen LogP contribution is 2.30. The van der Waals surface area contributed by atoms with Crippen LogP contribution in [0.15, 0.2) is 12.7 Å². The Bertz CT molecular complexity index is 277. The lowest BCUT2D eigenvalue weighted by atomic mass is 9.83. The molecule has 0 bridgehead atoms. The summed E-state index contributed by atoms with van der Waals surface area (Å²) in [6, 6.07) is 0.0255. The molecule has 86 valence electrons. The molecule has 0 saturated carbocycles. The van der Waals surface area contributed by atoms with Gasteiger partial charge in [0.1, 0.15) is 12.7 Å². The maximum Gasteiger partial charge on any atom is 0.137 e. The first-order valence-corrected chi connectivity index (χ1v) is 5.49. The molecule has 2 atom stereocenters. The topological polar surface area (TPSA) is 50.9 Å². The van der Waals surface area contributed by atoms with Gasteiger partial charge in [-0.25, -0.2) is 9.67 Å². The quantitative estimate of drug-likeness (QED) is 0.829. The molecule has 0 spiro atoms. The van der Waals surface area contributed by atoms with E-state index in [-0.39, 0.29) is 11.5 Å². The fourth-order valence-corrected chi connectivity index (χ4v) is 1.70. The van der Waals surface area contributed by atoms with Crippen LogP contribution >= 0.6 is 0 Å². The third kappa shape index (κ3) is 3.02. The molecule has 1 aromatic rings. The molecule has 4 nitrogen and oxygen atoms in total. The van der Waals surface area contributed by atoms with E-state index < -0.39 is 6.10 Å². The van der Waals surface area contributed by atoms with Crippen LogP contribution in [-0.2, 0) is 0 Å². The largest absolute Gasteiger partial charge is 0.390 e. The predicted octanol–water partition coefficient (Wildman–Crippen LogP) is 2.03. The maximum absolute atomic E-state index is 10.3. The monoisotopic (exact) mass is 211 g/mol. The molecule has 0 radical (unpaired) electrons. The molecule has 0 aliphatic rings. The maximum atomic E-state index is 10.3.